The summed E-state index contributed by atoms with van der Waals surface area (Å²) in [7, 11) is 1.63. The van der Waals surface area contributed by atoms with Crippen LogP contribution >= 0.6 is 0 Å². The van der Waals surface area contributed by atoms with E-state index in [1.165, 1.54) is 0 Å². The summed E-state index contributed by atoms with van der Waals surface area (Å²) in [5, 5.41) is 20.0. The molecule has 2 aromatic rings. The van der Waals surface area contributed by atoms with Gasteiger partial charge in [0, 0.05) is 0 Å². The third-order valence-corrected chi connectivity index (χ3v) is 4.64. The Kier molecular flexibility index (Phi) is 3.42. The van der Waals surface area contributed by atoms with Crippen molar-refractivity contribution in [2.24, 2.45) is 0 Å². The zero-order valence-electron chi connectivity index (χ0n) is 13.2. The third kappa shape index (κ3) is 2.48. The second kappa shape index (κ2) is 5.48. The van der Waals surface area contributed by atoms with E-state index in [0.717, 1.165) is 23.4 Å². The predicted molar refractivity (Wildman–Crippen MR) is 82.9 cm³/mol. The minimum atomic E-state index is -1.05. The molecule has 8 heteroatoms. The molecular weight excluding hydrogens is 312 g/mol. The number of rotatable bonds is 4. The highest BCUT2D eigenvalue weighted by Crippen LogP contribution is 2.50. The molecule has 1 spiro atoms. The molecule has 0 saturated carbocycles. The predicted octanol–water partition coefficient (Wildman–Crippen LogP) is 1.66. The summed E-state index contributed by atoms with van der Waals surface area (Å²) in [5.74, 6) is 0.798. The van der Waals surface area contributed by atoms with Gasteiger partial charge in [0.2, 0.25) is 0 Å². The number of aromatic nitrogens is 3. The fourth-order valence-electron chi connectivity index (χ4n) is 3.33. The van der Waals surface area contributed by atoms with Crippen LogP contribution in [0.2, 0.25) is 0 Å². The van der Waals surface area contributed by atoms with Gasteiger partial charge >= 0.3 is 6.09 Å². The number of ether oxygens (including phenoxy) is 2. The molecule has 2 N–H and O–H groups in total. The fourth-order valence-corrected chi connectivity index (χ4v) is 3.33. The number of amides is 1. The molecular formula is C16H18N4O4. The molecule has 0 radical (unpaired) electrons. The van der Waals surface area contributed by atoms with Gasteiger partial charge in [-0.05, 0) is 30.5 Å². The smallest absolute Gasteiger partial charge is 0.405 e. The molecule has 1 aliphatic carbocycles. The van der Waals surface area contributed by atoms with Crippen LogP contribution in [0.5, 0.6) is 5.75 Å². The van der Waals surface area contributed by atoms with Gasteiger partial charge in [-0.1, -0.05) is 17.3 Å². The Morgan fingerprint density at radius 3 is 2.88 bits per heavy atom. The van der Waals surface area contributed by atoms with Crippen LogP contribution in [0.3, 0.4) is 0 Å². The van der Waals surface area contributed by atoms with Crippen molar-refractivity contribution in [2.45, 2.75) is 31.0 Å². The fraction of sp³-hybridized carbons (Fsp3) is 0.438. The number of methoxy groups -OCH3 is 1. The summed E-state index contributed by atoms with van der Waals surface area (Å²) in [6.07, 6.45) is 0.380. The van der Waals surface area contributed by atoms with E-state index in [1.807, 2.05) is 28.9 Å². The number of hydrogen-bond donors (Lipinski definition) is 2. The Morgan fingerprint density at radius 2 is 2.25 bits per heavy atom. The molecule has 4 rings (SSSR count). The minimum Gasteiger partial charge on any atom is -0.497 e. The zero-order chi connectivity index (χ0) is 16.7. The maximum atomic E-state index is 11.0. The van der Waals surface area contributed by atoms with Crippen LogP contribution < -0.4 is 10.1 Å². The van der Waals surface area contributed by atoms with Gasteiger partial charge in [-0.25, -0.2) is 9.48 Å². The molecule has 1 fully saturated rings. The quantitative estimate of drug-likeness (QED) is 0.827. The van der Waals surface area contributed by atoms with Gasteiger partial charge in [0.15, 0.2) is 0 Å². The second-order valence-corrected chi connectivity index (χ2v) is 6.15. The summed E-state index contributed by atoms with van der Waals surface area (Å²) >= 11 is 0. The van der Waals surface area contributed by atoms with Crippen molar-refractivity contribution in [1.29, 1.82) is 0 Å². The van der Waals surface area contributed by atoms with Crippen molar-refractivity contribution < 1.29 is 19.4 Å². The third-order valence-electron chi connectivity index (χ3n) is 4.64. The first-order valence-electron chi connectivity index (χ1n) is 7.81. The lowest BCUT2D eigenvalue weighted by Crippen LogP contribution is -2.34. The molecule has 2 heterocycles. The number of benzene rings is 1. The topological polar surface area (TPSA) is 102 Å². The summed E-state index contributed by atoms with van der Waals surface area (Å²) in [6, 6.07) is 7.41. The van der Waals surface area contributed by atoms with Crippen molar-refractivity contribution in [1.82, 2.24) is 20.3 Å². The summed E-state index contributed by atoms with van der Waals surface area (Å²) < 4.78 is 12.7. The number of fused-ring (bicyclic) bond motifs is 2. The zero-order valence-corrected chi connectivity index (χ0v) is 13.2. The molecule has 1 saturated heterocycles. The van der Waals surface area contributed by atoms with Gasteiger partial charge in [0.25, 0.3) is 0 Å². The number of carboxylic acid groups (broad SMARTS) is 1. The Balaban J connectivity index is 1.65. The summed E-state index contributed by atoms with van der Waals surface area (Å²) in [5.41, 5.74) is 2.28. The number of nitrogens with zero attached hydrogens (tertiary/aromatic N) is 3. The van der Waals surface area contributed by atoms with Gasteiger partial charge in [-0.3, -0.25) is 0 Å². The van der Waals surface area contributed by atoms with E-state index < -0.39 is 6.09 Å². The highest BCUT2D eigenvalue weighted by Gasteiger charge is 2.54. The summed E-state index contributed by atoms with van der Waals surface area (Å²) in [4.78, 5) is 11.0. The van der Waals surface area contributed by atoms with Crippen LogP contribution in [-0.2, 0) is 16.9 Å². The number of carbonyl (C=O) groups is 1. The highest BCUT2D eigenvalue weighted by atomic mass is 16.6. The molecule has 24 heavy (non-hydrogen) atoms. The van der Waals surface area contributed by atoms with E-state index >= 15 is 0 Å². The van der Waals surface area contributed by atoms with Crippen LogP contribution in [0.15, 0.2) is 24.3 Å². The lowest BCUT2D eigenvalue weighted by molar-refractivity contribution is 0.183. The van der Waals surface area contributed by atoms with E-state index in [2.05, 4.69) is 15.6 Å². The van der Waals surface area contributed by atoms with Crippen molar-refractivity contribution in [2.75, 3.05) is 13.7 Å². The first-order valence-corrected chi connectivity index (χ1v) is 7.81. The van der Waals surface area contributed by atoms with Gasteiger partial charge < -0.3 is 19.9 Å². The van der Waals surface area contributed by atoms with E-state index in [0.29, 0.717) is 25.3 Å². The molecule has 0 bridgehead atoms. The average molecular weight is 330 g/mol. The van der Waals surface area contributed by atoms with E-state index in [-0.39, 0.29) is 11.6 Å². The average Bonchev–Trinajstić information content (AvgIpc) is 3.22. The Hall–Kier alpha value is -2.61. The van der Waals surface area contributed by atoms with E-state index in [4.69, 9.17) is 14.6 Å². The monoisotopic (exact) mass is 330 g/mol. The highest BCUT2D eigenvalue weighted by molar-refractivity contribution is 5.65. The van der Waals surface area contributed by atoms with Gasteiger partial charge in [0.1, 0.15) is 17.0 Å². The Labute approximate surface area is 138 Å². The van der Waals surface area contributed by atoms with Crippen LogP contribution in [0.4, 0.5) is 4.79 Å². The summed E-state index contributed by atoms with van der Waals surface area (Å²) in [6.45, 7) is 1.19. The molecule has 1 amide bonds. The lowest BCUT2D eigenvalue weighted by Gasteiger charge is -2.26. The van der Waals surface area contributed by atoms with Gasteiger partial charge in [0.05, 0.1) is 32.0 Å². The van der Waals surface area contributed by atoms with Gasteiger partial charge in [-0.15, -0.1) is 5.10 Å². The largest absolute Gasteiger partial charge is 0.497 e. The van der Waals surface area contributed by atoms with Crippen LogP contribution in [0, 0.1) is 0 Å². The second-order valence-electron chi connectivity index (χ2n) is 6.15. The normalized spacial score (nSPS) is 24.5. The first-order chi connectivity index (χ1) is 11.6. The van der Waals surface area contributed by atoms with E-state index in [1.54, 1.807) is 7.11 Å². The molecule has 1 aromatic heterocycles. The SMILES string of the molecule is COc1ccc(Cn2nnc3c2[C@]2(CC[C@H]3NC(=O)O)CO2)cc1. The Morgan fingerprint density at radius 1 is 1.50 bits per heavy atom. The maximum absolute atomic E-state index is 11.0. The van der Waals surface area contributed by atoms with Crippen LogP contribution in [0.25, 0.3) is 0 Å². The number of hydrogen-bond acceptors (Lipinski definition) is 5. The van der Waals surface area contributed by atoms with Crippen LogP contribution in [-0.4, -0.2) is 39.9 Å². The lowest BCUT2D eigenvalue weighted by atomic mass is 9.86. The van der Waals surface area contributed by atoms with E-state index in [9.17, 15) is 4.79 Å². The molecule has 8 nitrogen and oxygen atoms in total. The molecule has 0 unspecified atom stereocenters. The minimum absolute atomic E-state index is 0.336. The molecule has 1 aliphatic heterocycles. The molecule has 2 aliphatic rings. The van der Waals surface area contributed by atoms with Crippen molar-refractivity contribution in [3.63, 3.8) is 0 Å². The van der Waals surface area contributed by atoms with Crippen molar-refractivity contribution in [3.05, 3.63) is 41.2 Å². The molecule has 126 valence electrons. The Bertz CT molecular complexity index is 767. The van der Waals surface area contributed by atoms with Crippen molar-refractivity contribution in [3.8, 4) is 5.75 Å². The molecule has 1 aromatic carbocycles. The number of nitrogens with one attached hydrogen (secondary N) is 1. The van der Waals surface area contributed by atoms with Gasteiger partial charge in [-0.2, -0.15) is 0 Å². The van der Waals surface area contributed by atoms with Crippen LogP contribution in [0.1, 0.15) is 35.8 Å². The maximum Gasteiger partial charge on any atom is 0.405 e. The molecule has 2 atom stereocenters. The number of epoxide rings is 1. The van der Waals surface area contributed by atoms with Crippen molar-refractivity contribution >= 4 is 6.09 Å². The first kappa shape index (κ1) is 14.9. The standard InChI is InChI=1S/C16H18N4O4/c1-23-11-4-2-10(3-5-11)8-20-14-13(18-19-20)12(17-15(21)22)6-7-16(14)9-24-16/h2-5,12,17H,6-9H2,1H3,(H,21,22)/t12-,16+/m1/s1.